The molecule has 1 aromatic carbocycles. The minimum atomic E-state index is -0.529. The van der Waals surface area contributed by atoms with Crippen LogP contribution in [0.5, 0.6) is 0 Å². The quantitative estimate of drug-likeness (QED) is 0.882. The number of nitrogens with one attached hydrogen (secondary N) is 1. The van der Waals surface area contributed by atoms with E-state index in [1.807, 2.05) is 26.8 Å². The van der Waals surface area contributed by atoms with E-state index in [1.54, 1.807) is 12.3 Å². The molecule has 0 saturated heterocycles. The number of anilines is 3. The molecule has 0 aliphatic carbocycles. The SMILES string of the molecule is CC1Cc2ccccc2N1c1ccc(NC(=O)OC(C)(C)C)nc1. The Morgan fingerprint density at radius 3 is 2.67 bits per heavy atom. The maximum atomic E-state index is 11.8. The summed E-state index contributed by atoms with van der Waals surface area (Å²) in [5, 5.41) is 2.66. The number of amides is 1. The molecule has 0 saturated carbocycles. The van der Waals surface area contributed by atoms with Crippen LogP contribution < -0.4 is 10.2 Å². The summed E-state index contributed by atoms with van der Waals surface area (Å²) in [6.45, 7) is 7.69. The number of ether oxygens (including phenoxy) is 1. The van der Waals surface area contributed by atoms with Crippen LogP contribution in [-0.4, -0.2) is 22.7 Å². The van der Waals surface area contributed by atoms with Crippen LogP contribution in [-0.2, 0) is 11.2 Å². The Bertz CT molecular complexity index is 735. The van der Waals surface area contributed by atoms with Crippen molar-refractivity contribution in [3.63, 3.8) is 0 Å². The highest BCUT2D eigenvalue weighted by molar-refractivity contribution is 5.84. The summed E-state index contributed by atoms with van der Waals surface area (Å²) in [4.78, 5) is 18.4. The van der Waals surface area contributed by atoms with E-state index in [9.17, 15) is 4.79 Å². The fourth-order valence-corrected chi connectivity index (χ4v) is 2.97. The lowest BCUT2D eigenvalue weighted by molar-refractivity contribution is 0.0635. The Kier molecular flexibility index (Phi) is 4.18. The maximum absolute atomic E-state index is 11.8. The van der Waals surface area contributed by atoms with Gasteiger partial charge in [0, 0.05) is 11.7 Å². The number of carbonyl (C=O) groups excluding carboxylic acids is 1. The van der Waals surface area contributed by atoms with Gasteiger partial charge in [0.05, 0.1) is 11.9 Å². The molecule has 1 N–H and O–H groups in total. The molecule has 5 nitrogen and oxygen atoms in total. The number of hydrogen-bond acceptors (Lipinski definition) is 4. The second-order valence-electron chi connectivity index (χ2n) is 7.08. The van der Waals surface area contributed by atoms with Crippen LogP contribution in [0.2, 0.25) is 0 Å². The van der Waals surface area contributed by atoms with Gasteiger partial charge in [0.15, 0.2) is 0 Å². The summed E-state index contributed by atoms with van der Waals surface area (Å²) >= 11 is 0. The molecule has 24 heavy (non-hydrogen) atoms. The highest BCUT2D eigenvalue weighted by Gasteiger charge is 2.27. The van der Waals surface area contributed by atoms with Crippen molar-refractivity contribution in [1.29, 1.82) is 0 Å². The van der Waals surface area contributed by atoms with Gasteiger partial charge in [0.2, 0.25) is 0 Å². The zero-order valence-electron chi connectivity index (χ0n) is 14.5. The molecule has 126 valence electrons. The molecule has 1 aromatic heterocycles. The van der Waals surface area contributed by atoms with Crippen molar-refractivity contribution in [2.45, 2.75) is 45.8 Å². The van der Waals surface area contributed by atoms with Crippen molar-refractivity contribution in [3.05, 3.63) is 48.2 Å². The number of benzene rings is 1. The fraction of sp³-hybridized carbons (Fsp3) is 0.368. The Morgan fingerprint density at radius 1 is 1.25 bits per heavy atom. The number of aromatic nitrogens is 1. The van der Waals surface area contributed by atoms with Gasteiger partial charge < -0.3 is 9.64 Å². The summed E-state index contributed by atoms with van der Waals surface area (Å²) in [5.74, 6) is 0.480. The second kappa shape index (κ2) is 6.15. The van der Waals surface area contributed by atoms with Crippen LogP contribution >= 0.6 is 0 Å². The first-order chi connectivity index (χ1) is 11.3. The summed E-state index contributed by atoms with van der Waals surface area (Å²) in [7, 11) is 0. The number of nitrogens with zero attached hydrogens (tertiary/aromatic N) is 2. The maximum Gasteiger partial charge on any atom is 0.413 e. The second-order valence-corrected chi connectivity index (χ2v) is 7.08. The van der Waals surface area contributed by atoms with Crippen LogP contribution in [0.1, 0.15) is 33.3 Å². The topological polar surface area (TPSA) is 54.5 Å². The fourth-order valence-electron chi connectivity index (χ4n) is 2.97. The number of hydrogen-bond donors (Lipinski definition) is 1. The molecule has 1 aliphatic rings. The van der Waals surface area contributed by atoms with E-state index in [-0.39, 0.29) is 0 Å². The molecule has 1 unspecified atom stereocenters. The zero-order valence-corrected chi connectivity index (χ0v) is 14.5. The monoisotopic (exact) mass is 325 g/mol. The van der Waals surface area contributed by atoms with Gasteiger partial charge in [0.25, 0.3) is 0 Å². The van der Waals surface area contributed by atoms with E-state index in [1.165, 1.54) is 11.3 Å². The minimum absolute atomic E-state index is 0.383. The number of carbonyl (C=O) groups is 1. The standard InChI is InChI=1S/C19H23N3O2/c1-13-11-14-7-5-6-8-16(14)22(13)15-9-10-17(20-12-15)21-18(23)24-19(2,3)4/h5-10,12-13H,11H2,1-4H3,(H,20,21,23). The Labute approximate surface area is 142 Å². The third kappa shape index (κ3) is 3.50. The third-order valence-electron chi connectivity index (χ3n) is 3.86. The van der Waals surface area contributed by atoms with E-state index >= 15 is 0 Å². The normalized spacial score (nSPS) is 16.7. The van der Waals surface area contributed by atoms with Crippen molar-refractivity contribution in [2.75, 3.05) is 10.2 Å². The Balaban J connectivity index is 1.75. The van der Waals surface area contributed by atoms with E-state index in [2.05, 4.69) is 46.4 Å². The molecule has 0 spiro atoms. The number of fused-ring (bicyclic) bond motifs is 1. The lowest BCUT2D eigenvalue weighted by Gasteiger charge is -2.25. The number of pyridine rings is 1. The zero-order chi connectivity index (χ0) is 17.3. The van der Waals surface area contributed by atoms with Gasteiger partial charge >= 0.3 is 6.09 Å². The van der Waals surface area contributed by atoms with E-state index in [4.69, 9.17) is 4.74 Å². The van der Waals surface area contributed by atoms with Gasteiger partial charge in [-0.05, 0) is 57.9 Å². The summed E-state index contributed by atoms with van der Waals surface area (Å²) < 4.78 is 5.23. The van der Waals surface area contributed by atoms with Crippen LogP contribution in [0.3, 0.4) is 0 Å². The van der Waals surface area contributed by atoms with Gasteiger partial charge in [-0.2, -0.15) is 0 Å². The highest BCUT2D eigenvalue weighted by atomic mass is 16.6. The van der Waals surface area contributed by atoms with Gasteiger partial charge in [-0.25, -0.2) is 9.78 Å². The lowest BCUT2D eigenvalue weighted by atomic mass is 10.1. The largest absolute Gasteiger partial charge is 0.444 e. The minimum Gasteiger partial charge on any atom is -0.444 e. The Hall–Kier alpha value is -2.56. The van der Waals surface area contributed by atoms with Gasteiger partial charge in [-0.15, -0.1) is 0 Å². The van der Waals surface area contributed by atoms with Gasteiger partial charge in [-0.3, -0.25) is 5.32 Å². The number of rotatable bonds is 2. The average Bonchev–Trinajstić information content (AvgIpc) is 2.82. The molecule has 1 atom stereocenters. The summed E-state index contributed by atoms with van der Waals surface area (Å²) in [5.41, 5.74) is 3.06. The predicted molar refractivity (Wildman–Crippen MR) is 95.8 cm³/mol. The summed E-state index contributed by atoms with van der Waals surface area (Å²) in [6, 6.07) is 12.6. The molecular weight excluding hydrogens is 302 g/mol. The highest BCUT2D eigenvalue weighted by Crippen LogP contribution is 2.37. The molecule has 0 radical (unpaired) electrons. The van der Waals surface area contributed by atoms with Gasteiger partial charge in [0.1, 0.15) is 11.4 Å². The molecule has 1 aliphatic heterocycles. The lowest BCUT2D eigenvalue weighted by Crippen LogP contribution is -2.27. The predicted octanol–water partition coefficient (Wildman–Crippen LogP) is 4.51. The molecule has 3 rings (SSSR count). The molecule has 2 aromatic rings. The van der Waals surface area contributed by atoms with Crippen LogP contribution in [0.4, 0.5) is 22.0 Å². The molecule has 0 bridgehead atoms. The Morgan fingerprint density at radius 2 is 2.00 bits per heavy atom. The average molecular weight is 325 g/mol. The van der Waals surface area contributed by atoms with Crippen LogP contribution in [0.15, 0.2) is 42.6 Å². The molecule has 5 heteroatoms. The first-order valence-corrected chi connectivity index (χ1v) is 8.17. The molecule has 0 fully saturated rings. The van der Waals surface area contributed by atoms with E-state index in [0.29, 0.717) is 11.9 Å². The van der Waals surface area contributed by atoms with Crippen molar-refractivity contribution in [2.24, 2.45) is 0 Å². The smallest absolute Gasteiger partial charge is 0.413 e. The van der Waals surface area contributed by atoms with Crippen LogP contribution in [0, 0.1) is 0 Å². The molecule has 1 amide bonds. The van der Waals surface area contributed by atoms with Crippen molar-refractivity contribution < 1.29 is 9.53 Å². The third-order valence-corrected chi connectivity index (χ3v) is 3.86. The number of para-hydroxylation sites is 1. The van der Waals surface area contributed by atoms with Crippen molar-refractivity contribution in [1.82, 2.24) is 4.98 Å². The van der Waals surface area contributed by atoms with Gasteiger partial charge in [-0.1, -0.05) is 18.2 Å². The summed E-state index contributed by atoms with van der Waals surface area (Å²) in [6.07, 6.45) is 2.31. The van der Waals surface area contributed by atoms with Crippen molar-refractivity contribution in [3.8, 4) is 0 Å². The molecular formula is C19H23N3O2. The first-order valence-electron chi connectivity index (χ1n) is 8.17. The van der Waals surface area contributed by atoms with Crippen LogP contribution in [0.25, 0.3) is 0 Å². The molecule has 2 heterocycles. The first kappa shape index (κ1) is 16.3. The van der Waals surface area contributed by atoms with E-state index < -0.39 is 11.7 Å². The van der Waals surface area contributed by atoms with E-state index in [0.717, 1.165) is 12.1 Å². The van der Waals surface area contributed by atoms with Crippen molar-refractivity contribution >= 4 is 23.3 Å².